The molecule has 2 aliphatic heterocycles. The molecule has 12 nitrogen and oxygen atoms in total. The first-order chi connectivity index (χ1) is 39.2. The van der Waals surface area contributed by atoms with E-state index in [1.54, 1.807) is 6.20 Å². The third-order valence-corrected chi connectivity index (χ3v) is 19.9. The van der Waals surface area contributed by atoms with Crippen molar-refractivity contribution in [2.45, 2.75) is 144 Å². The van der Waals surface area contributed by atoms with Gasteiger partial charge in [0, 0.05) is 136 Å². The van der Waals surface area contributed by atoms with Crippen LogP contribution < -0.4 is 11.1 Å². The van der Waals surface area contributed by atoms with E-state index < -0.39 is 16.1 Å². The van der Waals surface area contributed by atoms with Crippen LogP contribution in [-0.2, 0) is 36.0 Å². The number of nitrogens with zero attached hydrogens (tertiary/aromatic N) is 8. The Morgan fingerprint density at radius 3 is 1.57 bits per heavy atom. The third kappa shape index (κ3) is 19.2. The van der Waals surface area contributed by atoms with Gasteiger partial charge in [-0.05, 0) is 108 Å². The van der Waals surface area contributed by atoms with Crippen molar-refractivity contribution in [2.75, 3.05) is 44.7 Å². The minimum Gasteiger partial charge on any atom is -0.361 e. The summed E-state index contributed by atoms with van der Waals surface area (Å²) in [7, 11) is -2.23. The number of anilines is 1. The average molecular weight is 1310 g/mol. The zero-order valence-corrected chi connectivity index (χ0v) is 57.1. The Kier molecular flexibility index (Phi) is 21.9. The van der Waals surface area contributed by atoms with Crippen LogP contribution in [0.15, 0.2) is 131 Å². The Balaban J connectivity index is 0.000000182. The van der Waals surface area contributed by atoms with Gasteiger partial charge in [0.25, 0.3) is 0 Å². The number of nitrogens with two attached hydrogens (primary N) is 1. The maximum atomic E-state index is 6.15. The van der Waals surface area contributed by atoms with E-state index in [9.17, 15) is 0 Å². The molecular formula is C66H89Br2ClN10O2Si2. The van der Waals surface area contributed by atoms with Gasteiger partial charge in [0.2, 0.25) is 11.2 Å². The normalized spacial score (nSPS) is 17.4. The molecule has 83 heavy (non-hydrogen) atoms. The quantitative estimate of drug-likeness (QED) is 0.0487. The Bertz CT molecular complexity index is 3400. The first-order valence-corrected chi connectivity index (χ1v) is 38.7. The molecule has 4 aromatic carbocycles. The monoisotopic (exact) mass is 1300 g/mol. The highest BCUT2D eigenvalue weighted by Gasteiger charge is 2.34. The molecular weight excluding hydrogens is 1220 g/mol. The summed E-state index contributed by atoms with van der Waals surface area (Å²) < 4.78 is 18.6. The van der Waals surface area contributed by atoms with Gasteiger partial charge in [0.1, 0.15) is 13.5 Å². The van der Waals surface area contributed by atoms with Crippen LogP contribution in [0.25, 0.3) is 44.3 Å². The van der Waals surface area contributed by atoms with E-state index in [-0.39, 0.29) is 16.7 Å². The lowest BCUT2D eigenvalue weighted by Gasteiger charge is -2.42. The maximum Gasteiger partial charge on any atom is 0.223 e. The minimum atomic E-state index is -1.14. The van der Waals surface area contributed by atoms with Crippen LogP contribution in [-0.4, -0.2) is 106 Å². The van der Waals surface area contributed by atoms with Crippen LogP contribution >= 0.6 is 43.5 Å². The van der Waals surface area contributed by atoms with Crippen LogP contribution in [0.2, 0.25) is 56.7 Å². The zero-order chi connectivity index (χ0) is 59.7. The number of benzene rings is 4. The molecule has 8 aromatic rings. The fourth-order valence-corrected chi connectivity index (χ4v) is 13.8. The largest absolute Gasteiger partial charge is 0.361 e. The van der Waals surface area contributed by atoms with Crippen molar-refractivity contribution in [3.63, 3.8) is 0 Å². The number of likely N-dealkylation sites (tertiary alicyclic amines) is 2. The van der Waals surface area contributed by atoms with Crippen molar-refractivity contribution in [1.82, 2.24) is 38.9 Å². The highest BCUT2D eigenvalue weighted by atomic mass is 79.9. The number of hydrogen-bond acceptors (Lipinski definition) is 10. The number of rotatable bonds is 18. The summed E-state index contributed by atoms with van der Waals surface area (Å²) in [4.78, 5) is 23.4. The molecule has 0 saturated carbocycles. The number of piperidine rings is 2. The molecule has 17 heteroatoms. The number of halogens is 3. The molecule has 0 radical (unpaired) electrons. The van der Waals surface area contributed by atoms with Crippen LogP contribution in [0.3, 0.4) is 0 Å². The van der Waals surface area contributed by atoms with Crippen molar-refractivity contribution in [3.05, 3.63) is 158 Å². The van der Waals surface area contributed by atoms with Crippen molar-refractivity contribution in [3.8, 4) is 22.5 Å². The molecule has 4 aromatic heterocycles. The van der Waals surface area contributed by atoms with Gasteiger partial charge in [0.15, 0.2) is 0 Å². The Morgan fingerprint density at radius 1 is 0.627 bits per heavy atom. The predicted octanol–water partition coefficient (Wildman–Crippen LogP) is 16.6. The summed E-state index contributed by atoms with van der Waals surface area (Å²) in [5.41, 5.74) is 17.7. The molecule has 3 N–H and O–H groups in total. The Morgan fingerprint density at radius 2 is 1.08 bits per heavy atom. The summed E-state index contributed by atoms with van der Waals surface area (Å²) >= 11 is 13.3. The topological polar surface area (TPSA) is 124 Å². The van der Waals surface area contributed by atoms with E-state index in [4.69, 9.17) is 36.8 Å². The SMILES string of the molecule is CC1(C)C[C@H](N)CN(Cc2ccccc2)C1.Cc1cnc(Cl)nc1-c1cn(COCC[Si](C)(C)C)c2cc(Br)ccc12.Cc1cnc(N[C@@H]2CN(Cc3ccccc3)CC(C)(C)C2)nc1-c1cn(COCC[Si](C)(C)C)c2cc(Br)ccc12. The van der Waals surface area contributed by atoms with Gasteiger partial charge < -0.3 is 29.7 Å². The van der Waals surface area contributed by atoms with Gasteiger partial charge in [-0.25, -0.2) is 19.9 Å². The lowest BCUT2D eigenvalue weighted by atomic mass is 9.81. The van der Waals surface area contributed by atoms with E-state index in [0.717, 1.165) is 136 Å². The summed E-state index contributed by atoms with van der Waals surface area (Å²) in [6.07, 6.45) is 10.2. The fourth-order valence-electron chi connectivity index (χ4n) is 11.5. The number of ether oxygens (including phenoxy) is 2. The number of aryl methyl sites for hydroxylation is 2. The van der Waals surface area contributed by atoms with E-state index >= 15 is 0 Å². The van der Waals surface area contributed by atoms with Crippen LogP contribution in [0.4, 0.5) is 5.95 Å². The second kappa shape index (κ2) is 28.3. The van der Waals surface area contributed by atoms with Gasteiger partial charge in [-0.3, -0.25) is 9.80 Å². The van der Waals surface area contributed by atoms with Gasteiger partial charge in [-0.2, -0.15) is 0 Å². The van der Waals surface area contributed by atoms with E-state index in [0.29, 0.717) is 30.9 Å². The van der Waals surface area contributed by atoms with Crippen LogP contribution in [0.1, 0.15) is 62.8 Å². The summed E-state index contributed by atoms with van der Waals surface area (Å²) in [6.45, 7) is 36.5. The second-order valence-corrected chi connectivity index (χ2v) is 40.5. The highest BCUT2D eigenvalue weighted by Crippen LogP contribution is 2.37. The molecule has 0 aliphatic carbocycles. The lowest BCUT2D eigenvalue weighted by molar-refractivity contribution is 0.0902. The molecule has 2 aliphatic rings. The van der Waals surface area contributed by atoms with Gasteiger partial charge >= 0.3 is 0 Å². The second-order valence-electron chi connectivity index (χ2n) is 27.1. The minimum absolute atomic E-state index is 0.203. The first-order valence-electron chi connectivity index (χ1n) is 29.4. The van der Waals surface area contributed by atoms with Gasteiger partial charge in [-0.15, -0.1) is 0 Å². The third-order valence-electron chi connectivity index (χ3n) is 15.3. The summed E-state index contributed by atoms with van der Waals surface area (Å²) in [5, 5.41) is 6.26. The number of hydrogen-bond donors (Lipinski definition) is 2. The molecule has 0 bridgehead atoms. The fraction of sp³-hybridized carbons (Fsp3) is 0.455. The average Bonchev–Trinajstić information content (AvgIpc) is 3.21. The molecule has 6 heterocycles. The van der Waals surface area contributed by atoms with Gasteiger partial charge in [0.05, 0.1) is 22.4 Å². The highest BCUT2D eigenvalue weighted by molar-refractivity contribution is 9.10. The molecule has 0 spiro atoms. The van der Waals surface area contributed by atoms with Crippen LogP contribution in [0, 0.1) is 24.7 Å². The van der Waals surface area contributed by atoms with Gasteiger partial charge in [-0.1, -0.05) is 172 Å². The zero-order valence-electron chi connectivity index (χ0n) is 51.2. The summed E-state index contributed by atoms with van der Waals surface area (Å²) in [5.74, 6) is 0.692. The molecule has 2 saturated heterocycles. The van der Waals surface area contributed by atoms with Crippen LogP contribution in [0.5, 0.6) is 0 Å². The van der Waals surface area contributed by atoms with Crippen molar-refractivity contribution < 1.29 is 9.47 Å². The van der Waals surface area contributed by atoms with E-state index in [1.165, 1.54) is 16.5 Å². The number of nitrogens with one attached hydrogen (secondary N) is 1. The standard InChI is InChI=1S/C33H44BrN5OSi.C19H23BrClN3OSi.C14H22N2/c1-24-18-35-32(36-27-17-33(2,3)22-38(20-27)19-25-10-8-7-9-11-25)37-31(24)29-21-39(23-40-14-15-41(4,5)6)30-16-26(34)12-13-28(29)30;1-13-10-22-19(21)23-18(13)16-11-24(12-25-7-8-26(2,3)4)17-9-14(20)5-6-15(16)17;1-14(2)8-13(15)10-16(11-14)9-12-6-4-3-5-7-12/h7-13,16,18,21,27H,14-15,17,19-20,22-23H2,1-6H3,(H,35,36,37);5-6,9-11H,7-8,12H2,1-4H3;3-7,13H,8-11,15H2,1-2H3/t27-;;13-/m0.0/s1. The van der Waals surface area contributed by atoms with Crippen molar-refractivity contribution in [1.29, 1.82) is 0 Å². The first kappa shape index (κ1) is 64.4. The number of aromatic nitrogens is 6. The van der Waals surface area contributed by atoms with E-state index in [1.807, 2.05) is 19.2 Å². The van der Waals surface area contributed by atoms with Crippen molar-refractivity contribution in [2.24, 2.45) is 16.6 Å². The molecule has 2 fully saturated rings. The van der Waals surface area contributed by atoms with Crippen molar-refractivity contribution >= 4 is 87.4 Å². The molecule has 10 rings (SSSR count). The smallest absolute Gasteiger partial charge is 0.223 e. The Hall–Kier alpha value is -4.60. The number of fused-ring (bicyclic) bond motifs is 2. The molecule has 444 valence electrons. The predicted molar refractivity (Wildman–Crippen MR) is 360 cm³/mol. The lowest BCUT2D eigenvalue weighted by Crippen LogP contribution is -2.49. The molecule has 2 atom stereocenters. The molecule has 0 unspecified atom stereocenters. The summed E-state index contributed by atoms with van der Waals surface area (Å²) in [6, 6.07) is 37.0. The molecule has 0 amide bonds. The van der Waals surface area contributed by atoms with E-state index in [2.05, 4.69) is 243 Å². The Labute approximate surface area is 518 Å². The maximum absolute atomic E-state index is 6.15.